The number of rotatable bonds is 6. The molecular weight excluding hydrogens is 260 g/mol. The quantitative estimate of drug-likeness (QED) is 0.877. The van der Waals surface area contributed by atoms with Crippen molar-refractivity contribution in [2.45, 2.75) is 13.0 Å². The molecule has 0 bridgehead atoms. The van der Waals surface area contributed by atoms with Gasteiger partial charge in [-0.1, -0.05) is 24.6 Å². The van der Waals surface area contributed by atoms with E-state index in [0.29, 0.717) is 11.6 Å². The van der Waals surface area contributed by atoms with Crippen LogP contribution in [0.1, 0.15) is 18.5 Å². The molecule has 3 nitrogen and oxygen atoms in total. The molecule has 0 saturated heterocycles. The largest absolute Gasteiger partial charge is 0.492 e. The molecule has 1 N–H and O–H groups in total. The van der Waals surface area contributed by atoms with Crippen LogP contribution >= 0.6 is 11.6 Å². The second kappa shape index (κ2) is 7.12. The Labute approximate surface area is 118 Å². The molecule has 0 saturated carbocycles. The van der Waals surface area contributed by atoms with Crippen molar-refractivity contribution in [2.24, 2.45) is 0 Å². The number of nitrogens with zero attached hydrogens (tertiary/aromatic N) is 1. The van der Waals surface area contributed by atoms with Gasteiger partial charge in [0.05, 0.1) is 6.04 Å². The van der Waals surface area contributed by atoms with Crippen LogP contribution in [0.15, 0.2) is 48.8 Å². The zero-order chi connectivity index (χ0) is 13.5. The first kappa shape index (κ1) is 13.8. The molecule has 1 unspecified atom stereocenters. The lowest BCUT2D eigenvalue weighted by molar-refractivity contribution is 0.268. The van der Waals surface area contributed by atoms with Crippen LogP contribution in [0.2, 0.25) is 5.02 Å². The maximum Gasteiger partial charge on any atom is 0.119 e. The number of benzene rings is 1. The molecule has 0 spiro atoms. The molecule has 100 valence electrons. The lowest BCUT2D eigenvalue weighted by Gasteiger charge is -2.18. The van der Waals surface area contributed by atoms with E-state index in [1.165, 1.54) is 0 Å². The van der Waals surface area contributed by atoms with Gasteiger partial charge in [-0.15, -0.1) is 0 Å². The Balaban J connectivity index is 1.99. The smallest absolute Gasteiger partial charge is 0.119 e. The Morgan fingerprint density at radius 2 is 2.05 bits per heavy atom. The molecule has 2 rings (SSSR count). The minimum atomic E-state index is 0.134. The highest BCUT2D eigenvalue weighted by Gasteiger charge is 2.11. The van der Waals surface area contributed by atoms with Gasteiger partial charge in [0.1, 0.15) is 12.4 Å². The molecule has 0 amide bonds. The number of aromatic nitrogens is 1. The minimum Gasteiger partial charge on any atom is -0.492 e. The second-order valence-corrected chi connectivity index (χ2v) is 4.60. The van der Waals surface area contributed by atoms with E-state index in [9.17, 15) is 0 Å². The van der Waals surface area contributed by atoms with Gasteiger partial charge in [-0.3, -0.25) is 4.98 Å². The average molecular weight is 277 g/mol. The van der Waals surface area contributed by atoms with Crippen LogP contribution in [0, 0.1) is 0 Å². The topological polar surface area (TPSA) is 34.1 Å². The molecule has 2 aromatic rings. The predicted molar refractivity (Wildman–Crippen MR) is 77.6 cm³/mol. The van der Waals surface area contributed by atoms with Crippen molar-refractivity contribution in [3.05, 3.63) is 59.4 Å². The fourth-order valence-electron chi connectivity index (χ4n) is 1.81. The fraction of sp³-hybridized carbons (Fsp3) is 0.267. The van der Waals surface area contributed by atoms with Crippen molar-refractivity contribution in [1.29, 1.82) is 0 Å². The van der Waals surface area contributed by atoms with Gasteiger partial charge in [-0.2, -0.15) is 0 Å². The van der Waals surface area contributed by atoms with E-state index in [2.05, 4.69) is 17.2 Å². The Bertz CT molecular complexity index is 487. The number of nitrogens with one attached hydrogen (secondary N) is 1. The number of hydrogen-bond donors (Lipinski definition) is 1. The Morgan fingerprint density at radius 3 is 2.68 bits per heavy atom. The third kappa shape index (κ3) is 4.23. The molecule has 1 aromatic carbocycles. The molecule has 0 aliphatic carbocycles. The molecule has 1 aromatic heterocycles. The lowest BCUT2D eigenvalue weighted by atomic mass is 10.1. The molecule has 0 radical (unpaired) electrons. The summed E-state index contributed by atoms with van der Waals surface area (Å²) in [5, 5.41) is 4.10. The highest BCUT2D eigenvalue weighted by Crippen LogP contribution is 2.18. The van der Waals surface area contributed by atoms with E-state index in [4.69, 9.17) is 16.3 Å². The van der Waals surface area contributed by atoms with Crippen molar-refractivity contribution < 1.29 is 4.74 Å². The normalized spacial score (nSPS) is 12.1. The third-order valence-electron chi connectivity index (χ3n) is 2.77. The summed E-state index contributed by atoms with van der Waals surface area (Å²) >= 11 is 5.84. The summed E-state index contributed by atoms with van der Waals surface area (Å²) < 4.78 is 5.78. The van der Waals surface area contributed by atoms with Crippen LogP contribution in [0.5, 0.6) is 5.75 Å². The zero-order valence-electron chi connectivity index (χ0n) is 10.8. The second-order valence-electron chi connectivity index (χ2n) is 4.16. The number of likely N-dealkylation sites (N-methyl/N-ethyl adjacent to an activating group) is 1. The number of hydrogen-bond acceptors (Lipinski definition) is 3. The van der Waals surface area contributed by atoms with Crippen molar-refractivity contribution in [2.75, 3.05) is 13.2 Å². The van der Waals surface area contributed by atoms with E-state index in [-0.39, 0.29) is 6.04 Å². The monoisotopic (exact) mass is 276 g/mol. The Morgan fingerprint density at radius 1 is 1.26 bits per heavy atom. The Kier molecular flexibility index (Phi) is 5.19. The molecule has 4 heteroatoms. The van der Waals surface area contributed by atoms with Gasteiger partial charge in [0.2, 0.25) is 0 Å². The summed E-state index contributed by atoms with van der Waals surface area (Å²) in [6.07, 6.45) is 3.63. The van der Waals surface area contributed by atoms with E-state index in [1.807, 2.05) is 42.6 Å². The van der Waals surface area contributed by atoms with Crippen LogP contribution in [-0.2, 0) is 0 Å². The van der Waals surface area contributed by atoms with Crippen LogP contribution < -0.4 is 10.1 Å². The molecule has 1 heterocycles. The lowest BCUT2D eigenvalue weighted by Crippen LogP contribution is -2.26. The molecule has 1 atom stereocenters. The van der Waals surface area contributed by atoms with Gasteiger partial charge >= 0.3 is 0 Å². The van der Waals surface area contributed by atoms with Gasteiger partial charge < -0.3 is 10.1 Å². The van der Waals surface area contributed by atoms with E-state index >= 15 is 0 Å². The third-order valence-corrected chi connectivity index (χ3v) is 3.02. The van der Waals surface area contributed by atoms with Gasteiger partial charge in [-0.05, 0) is 42.4 Å². The number of pyridine rings is 1. The van der Waals surface area contributed by atoms with Gasteiger partial charge in [0.15, 0.2) is 0 Å². The minimum absolute atomic E-state index is 0.134. The summed E-state index contributed by atoms with van der Waals surface area (Å²) in [5.41, 5.74) is 1.12. The predicted octanol–water partition coefficient (Wildman–Crippen LogP) is 3.46. The van der Waals surface area contributed by atoms with Gasteiger partial charge in [0, 0.05) is 17.4 Å². The van der Waals surface area contributed by atoms with Crippen LogP contribution in [-0.4, -0.2) is 18.1 Å². The Hall–Kier alpha value is -1.58. The SMILES string of the molecule is CCNC(COc1ccc(Cl)cc1)c1cccnc1. The number of halogens is 1. The zero-order valence-corrected chi connectivity index (χ0v) is 11.6. The standard InChI is InChI=1S/C15H17ClN2O/c1-2-18-15(12-4-3-9-17-10-12)11-19-14-7-5-13(16)6-8-14/h3-10,15,18H,2,11H2,1H3. The highest BCUT2D eigenvalue weighted by molar-refractivity contribution is 6.30. The molecule has 0 aliphatic rings. The first-order valence-corrected chi connectivity index (χ1v) is 6.69. The summed E-state index contributed by atoms with van der Waals surface area (Å²) in [6, 6.07) is 11.5. The first-order valence-electron chi connectivity index (χ1n) is 6.31. The van der Waals surface area contributed by atoms with Crippen molar-refractivity contribution in [3.63, 3.8) is 0 Å². The van der Waals surface area contributed by atoms with Crippen molar-refractivity contribution in [1.82, 2.24) is 10.3 Å². The van der Waals surface area contributed by atoms with E-state index < -0.39 is 0 Å². The molecule has 19 heavy (non-hydrogen) atoms. The van der Waals surface area contributed by atoms with Crippen molar-refractivity contribution in [3.8, 4) is 5.75 Å². The first-order chi connectivity index (χ1) is 9.29. The fourth-order valence-corrected chi connectivity index (χ4v) is 1.94. The van der Waals surface area contributed by atoms with Gasteiger partial charge in [0.25, 0.3) is 0 Å². The van der Waals surface area contributed by atoms with E-state index in [0.717, 1.165) is 17.9 Å². The van der Waals surface area contributed by atoms with E-state index in [1.54, 1.807) is 6.20 Å². The molecular formula is C15H17ClN2O. The van der Waals surface area contributed by atoms with Crippen LogP contribution in [0.3, 0.4) is 0 Å². The average Bonchev–Trinajstić information content (AvgIpc) is 2.46. The van der Waals surface area contributed by atoms with Crippen molar-refractivity contribution >= 4 is 11.6 Å². The summed E-state index contributed by atoms with van der Waals surface area (Å²) in [5.74, 6) is 0.816. The molecule has 0 aliphatic heterocycles. The van der Waals surface area contributed by atoms with Crippen LogP contribution in [0.4, 0.5) is 0 Å². The molecule has 0 fully saturated rings. The highest BCUT2D eigenvalue weighted by atomic mass is 35.5. The maximum absolute atomic E-state index is 5.84. The summed E-state index contributed by atoms with van der Waals surface area (Å²) in [7, 11) is 0. The maximum atomic E-state index is 5.84. The van der Waals surface area contributed by atoms with Crippen LogP contribution in [0.25, 0.3) is 0 Å². The summed E-state index contributed by atoms with van der Waals surface area (Å²) in [4.78, 5) is 4.14. The van der Waals surface area contributed by atoms with Gasteiger partial charge in [-0.25, -0.2) is 0 Å². The number of ether oxygens (including phenoxy) is 1. The summed E-state index contributed by atoms with van der Waals surface area (Å²) in [6.45, 7) is 3.51.